The SMILES string of the molecule is COc1cccc(OCc2cc3c(C)cccc3s2)c1. The third kappa shape index (κ3) is 2.63. The summed E-state index contributed by atoms with van der Waals surface area (Å²) in [7, 11) is 1.66. The zero-order valence-corrected chi connectivity index (χ0v) is 12.4. The molecule has 2 nitrogen and oxygen atoms in total. The van der Waals surface area contributed by atoms with Crippen LogP contribution in [-0.2, 0) is 6.61 Å². The molecule has 0 atom stereocenters. The molecule has 0 radical (unpaired) electrons. The number of rotatable bonds is 4. The van der Waals surface area contributed by atoms with Crippen molar-refractivity contribution in [1.29, 1.82) is 0 Å². The molecule has 3 rings (SSSR count). The van der Waals surface area contributed by atoms with Gasteiger partial charge < -0.3 is 9.47 Å². The molecule has 0 amide bonds. The third-order valence-corrected chi connectivity index (χ3v) is 4.33. The van der Waals surface area contributed by atoms with E-state index >= 15 is 0 Å². The van der Waals surface area contributed by atoms with Crippen molar-refractivity contribution in [2.75, 3.05) is 7.11 Å². The lowest BCUT2D eigenvalue weighted by Crippen LogP contribution is -1.93. The molecule has 102 valence electrons. The van der Waals surface area contributed by atoms with E-state index in [1.165, 1.54) is 20.5 Å². The summed E-state index contributed by atoms with van der Waals surface area (Å²) in [6.45, 7) is 2.73. The number of aryl methyl sites for hydroxylation is 1. The minimum absolute atomic E-state index is 0.589. The Bertz CT molecular complexity index is 731. The summed E-state index contributed by atoms with van der Waals surface area (Å²) in [5, 5.41) is 1.32. The van der Waals surface area contributed by atoms with E-state index < -0.39 is 0 Å². The Labute approximate surface area is 122 Å². The van der Waals surface area contributed by atoms with E-state index in [4.69, 9.17) is 9.47 Å². The number of benzene rings is 2. The topological polar surface area (TPSA) is 18.5 Å². The second-order valence-electron chi connectivity index (χ2n) is 4.67. The maximum atomic E-state index is 5.83. The van der Waals surface area contributed by atoms with Crippen molar-refractivity contribution in [3.63, 3.8) is 0 Å². The van der Waals surface area contributed by atoms with Gasteiger partial charge >= 0.3 is 0 Å². The van der Waals surface area contributed by atoms with Crippen LogP contribution in [0.4, 0.5) is 0 Å². The van der Waals surface area contributed by atoms with E-state index in [0.717, 1.165) is 11.5 Å². The zero-order chi connectivity index (χ0) is 13.9. The van der Waals surface area contributed by atoms with Gasteiger partial charge in [0.2, 0.25) is 0 Å². The summed E-state index contributed by atoms with van der Waals surface area (Å²) in [4.78, 5) is 1.23. The molecule has 0 unspecified atom stereocenters. The van der Waals surface area contributed by atoms with Crippen molar-refractivity contribution >= 4 is 21.4 Å². The van der Waals surface area contributed by atoms with Crippen LogP contribution in [0, 0.1) is 6.92 Å². The van der Waals surface area contributed by atoms with Crippen molar-refractivity contribution < 1.29 is 9.47 Å². The highest BCUT2D eigenvalue weighted by molar-refractivity contribution is 7.19. The van der Waals surface area contributed by atoms with E-state index in [1.807, 2.05) is 24.3 Å². The monoisotopic (exact) mass is 284 g/mol. The lowest BCUT2D eigenvalue weighted by Gasteiger charge is -2.06. The maximum absolute atomic E-state index is 5.83. The predicted octanol–water partition coefficient (Wildman–Crippen LogP) is 4.80. The van der Waals surface area contributed by atoms with Gasteiger partial charge in [0, 0.05) is 15.6 Å². The molecular formula is C17H16O2S. The second kappa shape index (κ2) is 5.55. The molecule has 0 saturated heterocycles. The number of methoxy groups -OCH3 is 1. The molecule has 1 aromatic heterocycles. The number of hydrogen-bond donors (Lipinski definition) is 0. The highest BCUT2D eigenvalue weighted by Gasteiger charge is 2.05. The molecule has 0 fully saturated rings. The van der Waals surface area contributed by atoms with E-state index in [0.29, 0.717) is 6.61 Å². The number of ether oxygens (including phenoxy) is 2. The molecule has 0 aliphatic rings. The molecule has 0 bridgehead atoms. The van der Waals surface area contributed by atoms with Gasteiger partial charge in [0.15, 0.2) is 0 Å². The Morgan fingerprint density at radius 1 is 1.00 bits per heavy atom. The average molecular weight is 284 g/mol. The smallest absolute Gasteiger partial charge is 0.123 e. The fourth-order valence-corrected chi connectivity index (χ4v) is 3.23. The largest absolute Gasteiger partial charge is 0.497 e. The number of fused-ring (bicyclic) bond motifs is 1. The first-order valence-corrected chi connectivity index (χ1v) is 7.33. The van der Waals surface area contributed by atoms with E-state index in [2.05, 4.69) is 31.2 Å². The van der Waals surface area contributed by atoms with Gasteiger partial charge in [-0.2, -0.15) is 0 Å². The van der Waals surface area contributed by atoms with Crippen LogP contribution in [0.1, 0.15) is 10.4 Å². The van der Waals surface area contributed by atoms with Gasteiger partial charge in [-0.3, -0.25) is 0 Å². The van der Waals surface area contributed by atoms with E-state index in [1.54, 1.807) is 18.4 Å². The summed E-state index contributed by atoms with van der Waals surface area (Å²) in [5.41, 5.74) is 1.31. The van der Waals surface area contributed by atoms with Gasteiger partial charge in [-0.1, -0.05) is 18.2 Å². The van der Waals surface area contributed by atoms with Crippen molar-refractivity contribution in [2.45, 2.75) is 13.5 Å². The third-order valence-electron chi connectivity index (χ3n) is 3.25. The van der Waals surface area contributed by atoms with Crippen LogP contribution in [0.5, 0.6) is 11.5 Å². The Morgan fingerprint density at radius 2 is 1.80 bits per heavy atom. The minimum atomic E-state index is 0.589. The van der Waals surface area contributed by atoms with Crippen molar-refractivity contribution in [3.05, 3.63) is 59.0 Å². The second-order valence-corrected chi connectivity index (χ2v) is 5.84. The first-order chi connectivity index (χ1) is 9.76. The Hall–Kier alpha value is -2.00. The molecule has 0 aliphatic heterocycles. The van der Waals surface area contributed by atoms with Crippen LogP contribution in [0.2, 0.25) is 0 Å². The van der Waals surface area contributed by atoms with Crippen LogP contribution >= 0.6 is 11.3 Å². The van der Waals surface area contributed by atoms with Crippen LogP contribution in [0.3, 0.4) is 0 Å². The lowest BCUT2D eigenvalue weighted by atomic mass is 10.1. The Morgan fingerprint density at radius 3 is 2.60 bits per heavy atom. The first-order valence-electron chi connectivity index (χ1n) is 6.51. The van der Waals surface area contributed by atoms with Crippen molar-refractivity contribution in [3.8, 4) is 11.5 Å². The normalized spacial score (nSPS) is 10.7. The minimum Gasteiger partial charge on any atom is -0.497 e. The van der Waals surface area contributed by atoms with Crippen molar-refractivity contribution in [1.82, 2.24) is 0 Å². The fraction of sp³-hybridized carbons (Fsp3) is 0.176. The van der Waals surface area contributed by atoms with Crippen molar-refractivity contribution in [2.24, 2.45) is 0 Å². The molecule has 2 aromatic carbocycles. The molecule has 3 heteroatoms. The quantitative estimate of drug-likeness (QED) is 0.685. The highest BCUT2D eigenvalue weighted by Crippen LogP contribution is 2.29. The fourth-order valence-electron chi connectivity index (χ4n) is 2.18. The lowest BCUT2D eigenvalue weighted by molar-refractivity contribution is 0.307. The summed E-state index contributed by atoms with van der Waals surface area (Å²) in [5.74, 6) is 1.65. The molecule has 0 saturated carbocycles. The Kier molecular flexibility index (Phi) is 3.61. The summed E-state index contributed by atoms with van der Waals surface area (Å²) in [6.07, 6.45) is 0. The average Bonchev–Trinajstić information content (AvgIpc) is 2.90. The summed E-state index contributed by atoms with van der Waals surface area (Å²) in [6, 6.07) is 16.3. The van der Waals surface area contributed by atoms with Gasteiger partial charge in [0.25, 0.3) is 0 Å². The maximum Gasteiger partial charge on any atom is 0.123 e. The van der Waals surface area contributed by atoms with Crippen LogP contribution in [0.25, 0.3) is 10.1 Å². The number of hydrogen-bond acceptors (Lipinski definition) is 3. The summed E-state index contributed by atoms with van der Waals surface area (Å²) >= 11 is 1.78. The molecule has 0 N–H and O–H groups in total. The van der Waals surface area contributed by atoms with E-state index in [-0.39, 0.29) is 0 Å². The zero-order valence-electron chi connectivity index (χ0n) is 11.6. The van der Waals surface area contributed by atoms with Crippen LogP contribution in [-0.4, -0.2) is 7.11 Å². The van der Waals surface area contributed by atoms with E-state index in [9.17, 15) is 0 Å². The van der Waals surface area contributed by atoms with Gasteiger partial charge in [-0.25, -0.2) is 0 Å². The molecule has 0 aliphatic carbocycles. The molecule has 3 aromatic rings. The van der Waals surface area contributed by atoms with Gasteiger partial charge in [-0.05, 0) is 42.1 Å². The van der Waals surface area contributed by atoms with Crippen LogP contribution in [0.15, 0.2) is 48.5 Å². The Balaban J connectivity index is 1.78. The highest BCUT2D eigenvalue weighted by atomic mass is 32.1. The summed E-state index contributed by atoms with van der Waals surface area (Å²) < 4.78 is 12.3. The van der Waals surface area contributed by atoms with Crippen LogP contribution < -0.4 is 9.47 Å². The molecule has 20 heavy (non-hydrogen) atoms. The number of thiophene rings is 1. The first kappa shape index (κ1) is 13.0. The molecule has 0 spiro atoms. The standard InChI is InChI=1S/C17H16O2S/c1-12-5-3-8-17-16(12)10-15(20-17)11-19-14-7-4-6-13(9-14)18-2/h3-10H,11H2,1-2H3. The van der Waals surface area contributed by atoms with Gasteiger partial charge in [-0.15, -0.1) is 11.3 Å². The van der Waals surface area contributed by atoms with Gasteiger partial charge in [0.1, 0.15) is 18.1 Å². The molecule has 1 heterocycles. The van der Waals surface area contributed by atoms with Gasteiger partial charge in [0.05, 0.1) is 7.11 Å². The molecular weight excluding hydrogens is 268 g/mol. The predicted molar refractivity (Wildman–Crippen MR) is 83.9 cm³/mol.